The molecule has 0 aromatic heterocycles. The van der Waals surface area contributed by atoms with Crippen molar-refractivity contribution >= 4 is 39.1 Å². The van der Waals surface area contributed by atoms with Crippen molar-refractivity contribution in [3.05, 3.63) is 102 Å². The monoisotopic (exact) mass is 491 g/mol. The summed E-state index contributed by atoms with van der Waals surface area (Å²) in [7, 11) is 1.48. The molecule has 0 saturated carbocycles. The fourth-order valence-electron chi connectivity index (χ4n) is 4.10. The molecular weight excluding hydrogens is 467 g/mol. The standard InChI is InChI=1S/C27H25BrO2P/c1-29-24-18-20(28)19-25(30-2)27(24)23-16-10-11-17-26(23)31(3,21-12-6-4-7-13-21)22-14-8-5-9-15-22/h4-19H,1-3H3/q+1. The molecule has 0 saturated heterocycles. The van der Waals surface area contributed by atoms with Crippen LogP contribution in [0.3, 0.4) is 0 Å². The number of hydrogen-bond donors (Lipinski definition) is 0. The number of benzene rings is 4. The van der Waals surface area contributed by atoms with E-state index >= 15 is 0 Å². The van der Waals surface area contributed by atoms with E-state index in [1.807, 2.05) is 12.1 Å². The van der Waals surface area contributed by atoms with Crippen molar-refractivity contribution in [3.8, 4) is 22.6 Å². The highest BCUT2D eigenvalue weighted by molar-refractivity contribution is 9.10. The summed E-state index contributed by atoms with van der Waals surface area (Å²) in [6.07, 6.45) is 0. The van der Waals surface area contributed by atoms with Crippen molar-refractivity contribution in [2.45, 2.75) is 0 Å². The predicted molar refractivity (Wildman–Crippen MR) is 137 cm³/mol. The van der Waals surface area contributed by atoms with Crippen molar-refractivity contribution < 1.29 is 9.47 Å². The van der Waals surface area contributed by atoms with Gasteiger partial charge in [0.25, 0.3) is 0 Å². The normalized spacial score (nSPS) is 11.2. The fraction of sp³-hybridized carbons (Fsp3) is 0.111. The molecule has 0 unspecified atom stereocenters. The molecule has 156 valence electrons. The second kappa shape index (κ2) is 9.26. The van der Waals surface area contributed by atoms with Crippen LogP contribution in [0.5, 0.6) is 11.5 Å². The summed E-state index contributed by atoms with van der Waals surface area (Å²) in [6, 6.07) is 34.3. The summed E-state index contributed by atoms with van der Waals surface area (Å²) in [4.78, 5) is 0. The maximum atomic E-state index is 5.80. The molecule has 4 rings (SSSR count). The average molecular weight is 492 g/mol. The quantitative estimate of drug-likeness (QED) is 0.305. The maximum absolute atomic E-state index is 5.80. The summed E-state index contributed by atoms with van der Waals surface area (Å²) in [5.74, 6) is 1.57. The van der Waals surface area contributed by atoms with E-state index in [4.69, 9.17) is 9.47 Å². The van der Waals surface area contributed by atoms with Crippen molar-refractivity contribution in [1.82, 2.24) is 0 Å². The molecule has 0 amide bonds. The van der Waals surface area contributed by atoms with E-state index in [1.54, 1.807) is 14.2 Å². The summed E-state index contributed by atoms with van der Waals surface area (Å²) in [5, 5.41) is 3.97. The highest BCUT2D eigenvalue weighted by Gasteiger charge is 2.42. The molecule has 2 nitrogen and oxygen atoms in total. The third-order valence-corrected chi connectivity index (χ3v) is 10.1. The average Bonchev–Trinajstić information content (AvgIpc) is 2.84. The van der Waals surface area contributed by atoms with Crippen molar-refractivity contribution in [3.63, 3.8) is 0 Å². The maximum Gasteiger partial charge on any atom is 0.131 e. The van der Waals surface area contributed by atoms with Gasteiger partial charge in [0, 0.05) is 10.0 Å². The Morgan fingerprint density at radius 1 is 0.645 bits per heavy atom. The molecule has 4 heteroatoms. The minimum absolute atomic E-state index is 0.784. The highest BCUT2D eigenvalue weighted by atomic mass is 79.9. The Labute approximate surface area is 193 Å². The Hall–Kier alpha value is -2.61. The van der Waals surface area contributed by atoms with E-state index in [-0.39, 0.29) is 0 Å². The van der Waals surface area contributed by atoms with Crippen LogP contribution in [0.4, 0.5) is 0 Å². The first-order chi connectivity index (χ1) is 15.1. The molecule has 4 aromatic carbocycles. The highest BCUT2D eigenvalue weighted by Crippen LogP contribution is 2.55. The lowest BCUT2D eigenvalue weighted by molar-refractivity contribution is 0.397. The van der Waals surface area contributed by atoms with Gasteiger partial charge in [-0.05, 0) is 42.5 Å². The Balaban J connectivity index is 2.07. The summed E-state index contributed by atoms with van der Waals surface area (Å²) >= 11 is 3.58. The predicted octanol–water partition coefficient (Wildman–Crippen LogP) is 6.06. The SMILES string of the molecule is COc1cc(Br)cc(OC)c1-c1ccccc1[P+](C)(c1ccccc1)c1ccccc1. The molecule has 0 atom stereocenters. The van der Waals surface area contributed by atoms with E-state index in [0.717, 1.165) is 27.1 Å². The number of methoxy groups -OCH3 is 2. The van der Waals surface area contributed by atoms with E-state index in [1.165, 1.54) is 15.9 Å². The van der Waals surface area contributed by atoms with Gasteiger partial charge in [0.05, 0.1) is 26.4 Å². The minimum atomic E-state index is -1.92. The van der Waals surface area contributed by atoms with E-state index in [2.05, 4.69) is 108 Å². The largest absolute Gasteiger partial charge is 0.496 e. The minimum Gasteiger partial charge on any atom is -0.496 e. The number of halogens is 1. The van der Waals surface area contributed by atoms with Crippen LogP contribution in [0.1, 0.15) is 0 Å². The first kappa shape index (κ1) is 21.6. The Morgan fingerprint density at radius 3 is 1.58 bits per heavy atom. The van der Waals surface area contributed by atoms with E-state index in [0.29, 0.717) is 0 Å². The first-order valence-corrected chi connectivity index (χ1v) is 13.1. The van der Waals surface area contributed by atoms with Gasteiger partial charge in [-0.3, -0.25) is 0 Å². The summed E-state index contributed by atoms with van der Waals surface area (Å²) in [6.45, 7) is 2.40. The van der Waals surface area contributed by atoms with Crippen molar-refractivity contribution in [2.24, 2.45) is 0 Å². The summed E-state index contributed by atoms with van der Waals surface area (Å²) < 4.78 is 12.5. The van der Waals surface area contributed by atoms with Gasteiger partial charge in [-0.1, -0.05) is 70.5 Å². The van der Waals surface area contributed by atoms with Crippen molar-refractivity contribution in [2.75, 3.05) is 20.9 Å². The molecule has 0 heterocycles. The Bertz CT molecular complexity index is 1110. The second-order valence-electron chi connectivity index (χ2n) is 7.38. The number of ether oxygens (including phenoxy) is 2. The van der Waals surface area contributed by atoms with E-state index < -0.39 is 7.26 Å². The van der Waals surface area contributed by atoms with Crippen LogP contribution in [0, 0.1) is 0 Å². The van der Waals surface area contributed by atoms with E-state index in [9.17, 15) is 0 Å². The van der Waals surface area contributed by atoms with Crippen LogP contribution in [-0.4, -0.2) is 20.9 Å². The Morgan fingerprint density at radius 2 is 1.10 bits per heavy atom. The van der Waals surface area contributed by atoms with Gasteiger partial charge in [0.15, 0.2) is 0 Å². The lowest BCUT2D eigenvalue weighted by Gasteiger charge is -2.26. The van der Waals surface area contributed by atoms with Gasteiger partial charge in [-0.25, -0.2) is 0 Å². The second-order valence-corrected chi connectivity index (χ2v) is 11.8. The zero-order valence-corrected chi connectivity index (χ0v) is 20.4. The zero-order valence-electron chi connectivity index (χ0n) is 17.9. The van der Waals surface area contributed by atoms with Crippen LogP contribution >= 0.6 is 23.2 Å². The molecule has 0 spiro atoms. The number of hydrogen-bond acceptors (Lipinski definition) is 2. The molecule has 0 N–H and O–H groups in total. The zero-order chi connectivity index (χ0) is 21.8. The fourth-order valence-corrected chi connectivity index (χ4v) is 7.96. The third-order valence-electron chi connectivity index (χ3n) is 5.67. The molecule has 0 fully saturated rings. The smallest absolute Gasteiger partial charge is 0.131 e. The molecule has 0 bridgehead atoms. The first-order valence-electron chi connectivity index (χ1n) is 10.1. The van der Waals surface area contributed by atoms with Gasteiger partial charge in [-0.2, -0.15) is 0 Å². The lowest BCUT2D eigenvalue weighted by atomic mass is 10.0. The van der Waals surface area contributed by atoms with Crippen LogP contribution in [0.25, 0.3) is 11.1 Å². The van der Waals surface area contributed by atoms with Crippen LogP contribution in [0.15, 0.2) is 102 Å². The number of rotatable bonds is 6. The van der Waals surface area contributed by atoms with Gasteiger partial charge < -0.3 is 9.47 Å². The molecule has 0 aliphatic rings. The third kappa shape index (κ3) is 4.01. The molecule has 0 aliphatic heterocycles. The van der Waals surface area contributed by atoms with Gasteiger partial charge in [-0.15, -0.1) is 0 Å². The molecule has 4 aromatic rings. The van der Waals surface area contributed by atoms with Crippen LogP contribution in [0.2, 0.25) is 0 Å². The van der Waals surface area contributed by atoms with Gasteiger partial charge in [0.1, 0.15) is 34.7 Å². The topological polar surface area (TPSA) is 18.5 Å². The van der Waals surface area contributed by atoms with Crippen molar-refractivity contribution in [1.29, 1.82) is 0 Å². The van der Waals surface area contributed by atoms with Gasteiger partial charge in [0.2, 0.25) is 0 Å². The molecular formula is C27H25BrO2P+. The Kier molecular flexibility index (Phi) is 6.46. The van der Waals surface area contributed by atoms with Crippen LogP contribution < -0.4 is 25.4 Å². The molecule has 31 heavy (non-hydrogen) atoms. The lowest BCUT2D eigenvalue weighted by Crippen LogP contribution is -2.31. The molecule has 0 radical (unpaired) electrons. The molecule has 0 aliphatic carbocycles. The van der Waals surface area contributed by atoms with Crippen LogP contribution in [-0.2, 0) is 0 Å². The summed E-state index contributed by atoms with van der Waals surface area (Å²) in [5.41, 5.74) is 2.11. The van der Waals surface area contributed by atoms with Gasteiger partial charge >= 0.3 is 0 Å².